The van der Waals surface area contributed by atoms with Crippen molar-refractivity contribution in [1.82, 2.24) is 4.98 Å². The third-order valence-corrected chi connectivity index (χ3v) is 7.41. The average molecular weight is 482 g/mol. The molecule has 7 heteroatoms. The SMILES string of the molecule is CCOC(Cc1ccc(OCCc2nc(-c3ccccc3)sc2C)c2sccc12)C(=O)OC. The maximum Gasteiger partial charge on any atom is 0.335 e. The van der Waals surface area contributed by atoms with Gasteiger partial charge in [0.15, 0.2) is 6.10 Å². The molecule has 4 aromatic rings. The molecule has 0 N–H and O–H groups in total. The van der Waals surface area contributed by atoms with Crippen LogP contribution in [0, 0.1) is 6.92 Å². The molecule has 0 bridgehead atoms. The quantitative estimate of drug-likeness (QED) is 0.257. The van der Waals surface area contributed by atoms with E-state index in [0.717, 1.165) is 44.1 Å². The highest BCUT2D eigenvalue weighted by molar-refractivity contribution is 7.17. The van der Waals surface area contributed by atoms with Crippen LogP contribution >= 0.6 is 22.7 Å². The minimum Gasteiger partial charge on any atom is -0.492 e. The highest BCUT2D eigenvalue weighted by Gasteiger charge is 2.22. The monoisotopic (exact) mass is 481 g/mol. The van der Waals surface area contributed by atoms with Gasteiger partial charge in [0, 0.05) is 29.9 Å². The summed E-state index contributed by atoms with van der Waals surface area (Å²) in [7, 11) is 1.39. The maximum atomic E-state index is 12.1. The van der Waals surface area contributed by atoms with Crippen LogP contribution in [-0.2, 0) is 27.1 Å². The Bertz CT molecular complexity index is 1220. The van der Waals surface area contributed by atoms with E-state index in [2.05, 4.69) is 25.1 Å². The fourth-order valence-electron chi connectivity index (χ4n) is 3.75. The third-order valence-electron chi connectivity index (χ3n) is 5.42. The fourth-order valence-corrected chi connectivity index (χ4v) is 5.63. The number of thiophene rings is 1. The Morgan fingerprint density at radius 3 is 2.70 bits per heavy atom. The number of thiazole rings is 1. The normalized spacial score (nSPS) is 12.1. The van der Waals surface area contributed by atoms with Crippen LogP contribution in [0.1, 0.15) is 23.1 Å². The summed E-state index contributed by atoms with van der Waals surface area (Å²) in [6.45, 7) is 4.99. The maximum absolute atomic E-state index is 12.1. The summed E-state index contributed by atoms with van der Waals surface area (Å²) >= 11 is 3.36. The van der Waals surface area contributed by atoms with Crippen LogP contribution in [0.15, 0.2) is 53.9 Å². The number of nitrogens with zero attached hydrogens (tertiary/aromatic N) is 1. The van der Waals surface area contributed by atoms with Gasteiger partial charge < -0.3 is 14.2 Å². The molecule has 0 aliphatic carbocycles. The molecule has 0 fully saturated rings. The van der Waals surface area contributed by atoms with E-state index in [1.807, 2.05) is 42.6 Å². The molecule has 0 aliphatic heterocycles. The van der Waals surface area contributed by atoms with Crippen LogP contribution in [0.2, 0.25) is 0 Å². The predicted octanol–water partition coefficient (Wildman–Crippen LogP) is 6.08. The Labute approximate surface area is 202 Å². The largest absolute Gasteiger partial charge is 0.492 e. The molecule has 4 rings (SSSR count). The zero-order valence-corrected chi connectivity index (χ0v) is 20.6. The van der Waals surface area contributed by atoms with Gasteiger partial charge in [0.2, 0.25) is 0 Å². The zero-order chi connectivity index (χ0) is 23.2. The van der Waals surface area contributed by atoms with E-state index in [-0.39, 0.29) is 5.97 Å². The number of aromatic nitrogens is 1. The van der Waals surface area contributed by atoms with Gasteiger partial charge >= 0.3 is 5.97 Å². The van der Waals surface area contributed by atoms with Gasteiger partial charge in [0.05, 0.1) is 24.1 Å². The molecule has 33 heavy (non-hydrogen) atoms. The predicted molar refractivity (Wildman–Crippen MR) is 134 cm³/mol. The van der Waals surface area contributed by atoms with Gasteiger partial charge in [0.25, 0.3) is 0 Å². The Kier molecular flexibility index (Phi) is 7.75. The average Bonchev–Trinajstić information content (AvgIpc) is 3.47. The van der Waals surface area contributed by atoms with Crippen molar-refractivity contribution < 1.29 is 19.0 Å². The molecule has 1 atom stereocenters. The Morgan fingerprint density at radius 1 is 1.12 bits per heavy atom. The van der Waals surface area contributed by atoms with E-state index in [9.17, 15) is 4.79 Å². The van der Waals surface area contributed by atoms with E-state index >= 15 is 0 Å². The summed E-state index contributed by atoms with van der Waals surface area (Å²) in [6, 6.07) is 16.3. The van der Waals surface area contributed by atoms with Crippen LogP contribution in [-0.4, -0.2) is 37.4 Å². The molecule has 0 saturated carbocycles. The summed E-state index contributed by atoms with van der Waals surface area (Å²) in [4.78, 5) is 18.1. The summed E-state index contributed by atoms with van der Waals surface area (Å²) in [5, 5.41) is 4.18. The smallest absolute Gasteiger partial charge is 0.335 e. The number of methoxy groups -OCH3 is 1. The van der Waals surface area contributed by atoms with Crippen molar-refractivity contribution in [3.05, 3.63) is 70.0 Å². The molecule has 2 aromatic carbocycles. The first-order valence-corrected chi connectivity index (χ1v) is 12.6. The van der Waals surface area contributed by atoms with Crippen molar-refractivity contribution in [2.75, 3.05) is 20.3 Å². The number of rotatable bonds is 10. The molecule has 0 saturated heterocycles. The highest BCUT2D eigenvalue weighted by Crippen LogP contribution is 2.34. The lowest BCUT2D eigenvalue weighted by atomic mass is 10.0. The van der Waals surface area contributed by atoms with Crippen molar-refractivity contribution in [3.8, 4) is 16.3 Å². The number of esters is 1. The van der Waals surface area contributed by atoms with Crippen molar-refractivity contribution >= 4 is 38.7 Å². The van der Waals surface area contributed by atoms with Gasteiger partial charge in [-0.15, -0.1) is 22.7 Å². The van der Waals surface area contributed by atoms with Crippen LogP contribution in [0.5, 0.6) is 5.75 Å². The molecule has 0 spiro atoms. The van der Waals surface area contributed by atoms with Gasteiger partial charge in [-0.3, -0.25) is 0 Å². The van der Waals surface area contributed by atoms with Crippen LogP contribution < -0.4 is 4.74 Å². The first-order chi connectivity index (χ1) is 16.1. The summed E-state index contributed by atoms with van der Waals surface area (Å²) in [5.41, 5.74) is 3.27. The zero-order valence-electron chi connectivity index (χ0n) is 19.0. The number of fused-ring (bicyclic) bond motifs is 1. The van der Waals surface area contributed by atoms with Crippen molar-refractivity contribution in [2.45, 2.75) is 32.8 Å². The van der Waals surface area contributed by atoms with Crippen LogP contribution in [0.25, 0.3) is 20.7 Å². The molecular weight excluding hydrogens is 454 g/mol. The van der Waals surface area contributed by atoms with E-state index in [4.69, 9.17) is 19.2 Å². The number of carbonyl (C=O) groups excluding carboxylic acids is 1. The molecule has 2 heterocycles. The topological polar surface area (TPSA) is 57.7 Å². The lowest BCUT2D eigenvalue weighted by Crippen LogP contribution is -2.28. The van der Waals surface area contributed by atoms with E-state index in [1.54, 1.807) is 22.7 Å². The molecule has 0 amide bonds. The summed E-state index contributed by atoms with van der Waals surface area (Å²) < 4.78 is 17.8. The Hall–Kier alpha value is -2.74. The number of ether oxygens (including phenoxy) is 3. The Balaban J connectivity index is 1.45. The third kappa shape index (κ3) is 5.43. The van der Waals surface area contributed by atoms with E-state index in [0.29, 0.717) is 19.6 Å². The van der Waals surface area contributed by atoms with Gasteiger partial charge in [0.1, 0.15) is 10.8 Å². The van der Waals surface area contributed by atoms with Gasteiger partial charge in [-0.25, -0.2) is 9.78 Å². The summed E-state index contributed by atoms with van der Waals surface area (Å²) in [5.74, 6) is 0.500. The molecule has 5 nitrogen and oxygen atoms in total. The first-order valence-electron chi connectivity index (χ1n) is 10.9. The molecule has 2 aromatic heterocycles. The standard InChI is InChI=1S/C26H27NO4S2/c1-4-30-23(26(28)29-3)16-19-10-11-22(24-20(19)13-15-32-24)31-14-12-21-17(2)33-25(27-21)18-8-6-5-7-9-18/h5-11,13,15,23H,4,12,14,16H2,1-3H3. The van der Waals surface area contributed by atoms with Crippen molar-refractivity contribution in [2.24, 2.45) is 0 Å². The Morgan fingerprint density at radius 2 is 1.94 bits per heavy atom. The van der Waals surface area contributed by atoms with Crippen LogP contribution in [0.3, 0.4) is 0 Å². The summed E-state index contributed by atoms with van der Waals surface area (Å²) in [6.07, 6.45) is 0.605. The van der Waals surface area contributed by atoms with Crippen LogP contribution in [0.4, 0.5) is 0 Å². The van der Waals surface area contributed by atoms with E-state index < -0.39 is 6.10 Å². The first kappa shape index (κ1) is 23.4. The minimum absolute atomic E-state index is 0.353. The van der Waals surface area contributed by atoms with Crippen molar-refractivity contribution in [3.63, 3.8) is 0 Å². The van der Waals surface area contributed by atoms with Gasteiger partial charge in [-0.05, 0) is 42.3 Å². The lowest BCUT2D eigenvalue weighted by Gasteiger charge is -2.16. The molecular formula is C26H27NO4S2. The number of hydrogen-bond acceptors (Lipinski definition) is 7. The second-order valence-electron chi connectivity index (χ2n) is 7.54. The lowest BCUT2D eigenvalue weighted by molar-refractivity contribution is -0.153. The molecule has 172 valence electrons. The van der Waals surface area contributed by atoms with E-state index in [1.165, 1.54) is 12.0 Å². The highest BCUT2D eigenvalue weighted by atomic mass is 32.1. The van der Waals surface area contributed by atoms with Crippen molar-refractivity contribution in [1.29, 1.82) is 0 Å². The molecule has 1 unspecified atom stereocenters. The number of aryl methyl sites for hydroxylation is 1. The second-order valence-corrected chi connectivity index (χ2v) is 9.66. The number of benzene rings is 2. The second kappa shape index (κ2) is 10.9. The number of carbonyl (C=O) groups is 1. The fraction of sp³-hybridized carbons (Fsp3) is 0.308. The number of hydrogen-bond donors (Lipinski definition) is 0. The molecule has 0 aliphatic rings. The minimum atomic E-state index is -0.610. The van der Waals surface area contributed by atoms with Gasteiger partial charge in [-0.2, -0.15) is 0 Å². The van der Waals surface area contributed by atoms with Gasteiger partial charge in [-0.1, -0.05) is 36.4 Å². The molecule has 0 radical (unpaired) electrons.